The SMILES string of the molecule is CCOC(=O)C(=Cc1ccc([N+](=O)[O-])cc1OCC)CC. The molecule has 0 aromatic heterocycles. The van der Waals surface area contributed by atoms with E-state index in [0.717, 1.165) is 0 Å². The summed E-state index contributed by atoms with van der Waals surface area (Å²) in [5.74, 6) is -0.0113. The number of hydrogen-bond acceptors (Lipinski definition) is 5. The lowest BCUT2D eigenvalue weighted by atomic mass is 10.1. The van der Waals surface area contributed by atoms with Gasteiger partial charge < -0.3 is 9.47 Å². The minimum Gasteiger partial charge on any atom is -0.493 e. The first-order valence-corrected chi connectivity index (χ1v) is 6.82. The lowest BCUT2D eigenvalue weighted by molar-refractivity contribution is -0.384. The standard InChI is InChI=1S/C15H19NO5/c1-4-11(15(17)21-6-3)9-12-7-8-13(16(18)19)10-14(12)20-5-2/h7-10H,4-6H2,1-3H3. The van der Waals surface area contributed by atoms with Gasteiger partial charge in [-0.25, -0.2) is 4.79 Å². The smallest absolute Gasteiger partial charge is 0.333 e. The number of carbonyl (C=O) groups is 1. The van der Waals surface area contributed by atoms with Gasteiger partial charge in [0.2, 0.25) is 0 Å². The molecule has 1 aromatic carbocycles. The zero-order chi connectivity index (χ0) is 15.8. The van der Waals surface area contributed by atoms with E-state index in [0.29, 0.717) is 36.5 Å². The van der Waals surface area contributed by atoms with Crippen molar-refractivity contribution in [2.45, 2.75) is 27.2 Å². The fourth-order valence-electron chi connectivity index (χ4n) is 1.75. The quantitative estimate of drug-likeness (QED) is 0.333. The highest BCUT2D eigenvalue weighted by atomic mass is 16.6. The van der Waals surface area contributed by atoms with E-state index in [4.69, 9.17) is 9.47 Å². The maximum Gasteiger partial charge on any atom is 0.333 e. The Labute approximate surface area is 123 Å². The van der Waals surface area contributed by atoms with E-state index in [1.807, 2.05) is 6.92 Å². The van der Waals surface area contributed by atoms with Crippen LogP contribution in [0.2, 0.25) is 0 Å². The molecule has 0 saturated heterocycles. The fraction of sp³-hybridized carbons (Fsp3) is 0.400. The summed E-state index contributed by atoms with van der Waals surface area (Å²) in [6.07, 6.45) is 2.15. The number of rotatable bonds is 7. The molecular formula is C15H19NO5. The van der Waals surface area contributed by atoms with Crippen LogP contribution in [0.15, 0.2) is 23.8 Å². The van der Waals surface area contributed by atoms with Crippen molar-refractivity contribution in [2.24, 2.45) is 0 Å². The first-order chi connectivity index (χ1) is 10.0. The van der Waals surface area contributed by atoms with Gasteiger partial charge in [0.15, 0.2) is 0 Å². The predicted octanol–water partition coefficient (Wildman–Crippen LogP) is 3.35. The highest BCUT2D eigenvalue weighted by molar-refractivity contribution is 5.94. The number of hydrogen-bond donors (Lipinski definition) is 0. The van der Waals surface area contributed by atoms with Gasteiger partial charge in [-0.2, -0.15) is 0 Å². The molecule has 0 N–H and O–H groups in total. The molecule has 114 valence electrons. The molecule has 0 aliphatic heterocycles. The summed E-state index contributed by atoms with van der Waals surface area (Å²) >= 11 is 0. The Morgan fingerprint density at radius 1 is 1.29 bits per heavy atom. The van der Waals surface area contributed by atoms with Crippen LogP contribution >= 0.6 is 0 Å². The van der Waals surface area contributed by atoms with Gasteiger partial charge in [-0.05, 0) is 32.4 Å². The van der Waals surface area contributed by atoms with Gasteiger partial charge in [-0.15, -0.1) is 0 Å². The highest BCUT2D eigenvalue weighted by Gasteiger charge is 2.13. The number of nitrogens with zero attached hydrogens (tertiary/aromatic N) is 1. The van der Waals surface area contributed by atoms with Crippen molar-refractivity contribution in [3.05, 3.63) is 39.4 Å². The maximum absolute atomic E-state index is 11.8. The second-order valence-electron chi connectivity index (χ2n) is 4.16. The molecule has 0 aliphatic carbocycles. The molecular weight excluding hydrogens is 274 g/mol. The van der Waals surface area contributed by atoms with Gasteiger partial charge in [0.25, 0.3) is 5.69 Å². The number of carbonyl (C=O) groups excluding carboxylic acids is 1. The van der Waals surface area contributed by atoms with E-state index in [9.17, 15) is 14.9 Å². The van der Waals surface area contributed by atoms with Crippen molar-refractivity contribution >= 4 is 17.7 Å². The van der Waals surface area contributed by atoms with Gasteiger partial charge in [0, 0.05) is 17.2 Å². The summed E-state index contributed by atoms with van der Waals surface area (Å²) in [7, 11) is 0. The third kappa shape index (κ3) is 4.59. The van der Waals surface area contributed by atoms with E-state index in [-0.39, 0.29) is 11.7 Å². The predicted molar refractivity (Wildman–Crippen MR) is 79.2 cm³/mol. The molecule has 1 rings (SSSR count). The Morgan fingerprint density at radius 2 is 2.00 bits per heavy atom. The topological polar surface area (TPSA) is 78.7 Å². The van der Waals surface area contributed by atoms with Crippen LogP contribution in [0.4, 0.5) is 5.69 Å². The van der Waals surface area contributed by atoms with Crippen molar-refractivity contribution in [3.63, 3.8) is 0 Å². The number of nitro groups is 1. The van der Waals surface area contributed by atoms with Crippen LogP contribution in [-0.2, 0) is 9.53 Å². The number of esters is 1. The maximum atomic E-state index is 11.8. The first kappa shape index (κ1) is 16.7. The minimum absolute atomic E-state index is 0.0511. The number of ether oxygens (including phenoxy) is 2. The third-order valence-corrected chi connectivity index (χ3v) is 2.76. The summed E-state index contributed by atoms with van der Waals surface area (Å²) < 4.78 is 10.4. The van der Waals surface area contributed by atoms with Crippen LogP contribution in [0.5, 0.6) is 5.75 Å². The fourth-order valence-corrected chi connectivity index (χ4v) is 1.75. The number of benzene rings is 1. The molecule has 0 heterocycles. The van der Waals surface area contributed by atoms with Crippen molar-refractivity contribution in [1.82, 2.24) is 0 Å². The van der Waals surface area contributed by atoms with Crippen molar-refractivity contribution in [2.75, 3.05) is 13.2 Å². The summed E-state index contributed by atoms with van der Waals surface area (Å²) in [6, 6.07) is 4.30. The van der Waals surface area contributed by atoms with Crippen LogP contribution in [0, 0.1) is 10.1 Å². The van der Waals surface area contributed by atoms with E-state index in [1.54, 1.807) is 26.0 Å². The van der Waals surface area contributed by atoms with E-state index >= 15 is 0 Å². The van der Waals surface area contributed by atoms with Gasteiger partial charge in [0.05, 0.1) is 24.2 Å². The molecule has 0 fully saturated rings. The normalized spacial score (nSPS) is 11.1. The first-order valence-electron chi connectivity index (χ1n) is 6.82. The zero-order valence-electron chi connectivity index (χ0n) is 12.4. The van der Waals surface area contributed by atoms with Gasteiger partial charge in [-0.1, -0.05) is 6.92 Å². The van der Waals surface area contributed by atoms with Crippen LogP contribution in [0.3, 0.4) is 0 Å². The Morgan fingerprint density at radius 3 is 2.52 bits per heavy atom. The molecule has 21 heavy (non-hydrogen) atoms. The van der Waals surface area contributed by atoms with Crippen LogP contribution in [-0.4, -0.2) is 24.1 Å². The molecule has 1 aromatic rings. The van der Waals surface area contributed by atoms with Crippen LogP contribution in [0.25, 0.3) is 6.08 Å². The second-order valence-corrected chi connectivity index (χ2v) is 4.16. The van der Waals surface area contributed by atoms with Crippen LogP contribution in [0.1, 0.15) is 32.8 Å². The van der Waals surface area contributed by atoms with Crippen molar-refractivity contribution < 1.29 is 19.2 Å². The third-order valence-electron chi connectivity index (χ3n) is 2.76. The molecule has 0 atom stereocenters. The van der Waals surface area contributed by atoms with Crippen LogP contribution < -0.4 is 4.74 Å². The molecule has 0 radical (unpaired) electrons. The summed E-state index contributed by atoms with van der Waals surface area (Å²) in [4.78, 5) is 22.1. The largest absolute Gasteiger partial charge is 0.493 e. The molecule has 0 amide bonds. The Kier molecular flexibility index (Phi) is 6.39. The lowest BCUT2D eigenvalue weighted by Gasteiger charge is -2.09. The van der Waals surface area contributed by atoms with E-state index < -0.39 is 4.92 Å². The van der Waals surface area contributed by atoms with Crippen molar-refractivity contribution in [1.29, 1.82) is 0 Å². The lowest BCUT2D eigenvalue weighted by Crippen LogP contribution is -2.07. The molecule has 0 saturated carbocycles. The van der Waals surface area contributed by atoms with Gasteiger partial charge in [-0.3, -0.25) is 10.1 Å². The molecule has 6 heteroatoms. The summed E-state index contributed by atoms with van der Waals surface area (Å²) in [5, 5.41) is 10.8. The average Bonchev–Trinajstić information content (AvgIpc) is 2.46. The molecule has 0 bridgehead atoms. The Bertz CT molecular complexity index is 551. The van der Waals surface area contributed by atoms with Crippen molar-refractivity contribution in [3.8, 4) is 5.75 Å². The highest BCUT2D eigenvalue weighted by Crippen LogP contribution is 2.27. The van der Waals surface area contributed by atoms with Gasteiger partial charge >= 0.3 is 5.97 Å². The summed E-state index contributed by atoms with van der Waals surface area (Å²) in [6.45, 7) is 6.05. The average molecular weight is 293 g/mol. The molecule has 0 aliphatic rings. The van der Waals surface area contributed by atoms with E-state index in [1.165, 1.54) is 12.1 Å². The molecule has 0 spiro atoms. The Hall–Kier alpha value is -2.37. The molecule has 0 unspecified atom stereocenters. The zero-order valence-corrected chi connectivity index (χ0v) is 12.4. The van der Waals surface area contributed by atoms with Gasteiger partial charge in [0.1, 0.15) is 5.75 Å². The number of nitro benzene ring substituents is 1. The minimum atomic E-state index is -0.484. The second kappa shape index (κ2) is 8.04. The Balaban J connectivity index is 3.21. The van der Waals surface area contributed by atoms with E-state index in [2.05, 4.69) is 0 Å². The molecule has 6 nitrogen and oxygen atoms in total. The monoisotopic (exact) mass is 293 g/mol. The number of non-ortho nitro benzene ring substituents is 1. The summed E-state index contributed by atoms with van der Waals surface area (Å²) in [5.41, 5.74) is 1.06.